The van der Waals surface area contributed by atoms with Crippen LogP contribution in [0.1, 0.15) is 54.9 Å². The zero-order valence-electron chi connectivity index (χ0n) is 20.0. The Morgan fingerprint density at radius 2 is 1.74 bits per heavy atom. The van der Waals surface area contributed by atoms with Gasteiger partial charge < -0.3 is 9.30 Å². The van der Waals surface area contributed by atoms with Gasteiger partial charge in [0.15, 0.2) is 0 Å². The Hall–Kier alpha value is -3.37. The van der Waals surface area contributed by atoms with E-state index in [1.54, 1.807) is 18.2 Å². The van der Waals surface area contributed by atoms with E-state index in [9.17, 15) is 18.0 Å². The standard InChI is InChI=1S/C28H29F3N2O2/c1-4-5-6-7-14-35-19-22-12-9-11-21(16-22)18-33-25(23-13-8-10-20(2)15-23)17-24(28(29,30)31)26(32-3)27(33)34/h8-13,15-17H,4-7,14,18-19H2,1-2H3. The first-order valence-corrected chi connectivity index (χ1v) is 11.7. The average Bonchev–Trinajstić information content (AvgIpc) is 2.82. The Bertz CT molecular complexity index is 1260. The van der Waals surface area contributed by atoms with Crippen LogP contribution < -0.4 is 5.56 Å². The number of unbranched alkanes of at least 4 members (excludes halogenated alkanes) is 3. The number of rotatable bonds is 10. The summed E-state index contributed by atoms with van der Waals surface area (Å²) in [6, 6.07) is 15.3. The second-order valence-corrected chi connectivity index (χ2v) is 8.60. The summed E-state index contributed by atoms with van der Waals surface area (Å²) in [6.45, 7) is 12.4. The van der Waals surface area contributed by atoms with E-state index < -0.39 is 23.0 Å². The largest absolute Gasteiger partial charge is 0.407 e. The number of hydrogen-bond donors (Lipinski definition) is 0. The number of halogens is 3. The zero-order chi connectivity index (χ0) is 25.4. The molecular formula is C28H29F3N2O2. The minimum absolute atomic E-state index is 0.0348. The van der Waals surface area contributed by atoms with Gasteiger partial charge in [-0.05, 0) is 42.2 Å². The lowest BCUT2D eigenvalue weighted by molar-refractivity contribution is -0.136. The van der Waals surface area contributed by atoms with Crippen molar-refractivity contribution in [1.82, 2.24) is 4.57 Å². The van der Waals surface area contributed by atoms with Crippen molar-refractivity contribution in [3.05, 3.63) is 98.6 Å². The minimum Gasteiger partial charge on any atom is -0.377 e. The number of hydrogen-bond acceptors (Lipinski definition) is 2. The van der Waals surface area contributed by atoms with Crippen molar-refractivity contribution in [2.45, 2.75) is 58.9 Å². The van der Waals surface area contributed by atoms with Gasteiger partial charge in [0, 0.05) is 18.8 Å². The Morgan fingerprint density at radius 3 is 2.43 bits per heavy atom. The summed E-state index contributed by atoms with van der Waals surface area (Å²) in [7, 11) is 0. The molecule has 0 aliphatic rings. The lowest BCUT2D eigenvalue weighted by atomic mass is 10.0. The number of benzene rings is 2. The summed E-state index contributed by atoms with van der Waals surface area (Å²) in [5.41, 5.74) is 0.0261. The molecule has 3 rings (SSSR count). The average molecular weight is 483 g/mol. The molecule has 0 radical (unpaired) electrons. The van der Waals surface area contributed by atoms with Crippen molar-refractivity contribution in [1.29, 1.82) is 0 Å². The number of nitrogens with zero attached hydrogens (tertiary/aromatic N) is 2. The molecule has 0 bridgehead atoms. The Labute approximate surface area is 203 Å². The van der Waals surface area contributed by atoms with Crippen LogP contribution in [0.2, 0.25) is 0 Å². The molecule has 0 saturated heterocycles. The molecule has 0 aliphatic carbocycles. The molecule has 0 N–H and O–H groups in total. The topological polar surface area (TPSA) is 35.6 Å². The Kier molecular flexibility index (Phi) is 8.89. The molecule has 0 saturated carbocycles. The van der Waals surface area contributed by atoms with Gasteiger partial charge in [-0.2, -0.15) is 13.2 Å². The van der Waals surface area contributed by atoms with Crippen LogP contribution in [0.15, 0.2) is 59.4 Å². The van der Waals surface area contributed by atoms with E-state index in [-0.39, 0.29) is 12.2 Å². The lowest BCUT2D eigenvalue weighted by Gasteiger charge is -2.18. The monoisotopic (exact) mass is 482 g/mol. The fourth-order valence-corrected chi connectivity index (χ4v) is 3.98. The fraction of sp³-hybridized carbons (Fsp3) is 0.357. The predicted molar refractivity (Wildman–Crippen MR) is 131 cm³/mol. The van der Waals surface area contributed by atoms with Crippen LogP contribution in [0.25, 0.3) is 16.1 Å². The summed E-state index contributed by atoms with van der Waals surface area (Å²) in [5, 5.41) is 0. The number of aryl methyl sites for hydroxylation is 1. The number of pyridine rings is 1. The second kappa shape index (κ2) is 11.9. The van der Waals surface area contributed by atoms with Crippen LogP contribution in [0.3, 0.4) is 0 Å². The van der Waals surface area contributed by atoms with Gasteiger partial charge in [0.1, 0.15) is 0 Å². The Morgan fingerprint density at radius 1 is 1.00 bits per heavy atom. The van der Waals surface area contributed by atoms with Gasteiger partial charge in [-0.15, -0.1) is 0 Å². The highest BCUT2D eigenvalue weighted by atomic mass is 19.4. The van der Waals surface area contributed by atoms with Crippen LogP contribution in [0, 0.1) is 13.5 Å². The van der Waals surface area contributed by atoms with Crippen LogP contribution in [0.5, 0.6) is 0 Å². The molecule has 2 aromatic carbocycles. The predicted octanol–water partition coefficient (Wildman–Crippen LogP) is 7.54. The van der Waals surface area contributed by atoms with E-state index in [1.807, 2.05) is 37.3 Å². The van der Waals surface area contributed by atoms with Crippen LogP contribution in [-0.4, -0.2) is 11.2 Å². The van der Waals surface area contributed by atoms with E-state index in [0.717, 1.165) is 42.0 Å². The van der Waals surface area contributed by atoms with Crippen molar-refractivity contribution in [3.8, 4) is 11.3 Å². The van der Waals surface area contributed by atoms with E-state index in [1.165, 1.54) is 11.0 Å². The SMILES string of the molecule is [C-]#[N+]c1c(C(F)(F)F)cc(-c2cccc(C)c2)n(Cc2cccc(COCCCCCC)c2)c1=O. The summed E-state index contributed by atoms with van der Waals surface area (Å²) in [6.07, 6.45) is -0.362. The van der Waals surface area contributed by atoms with Crippen molar-refractivity contribution in [3.63, 3.8) is 0 Å². The maximum Gasteiger partial charge on any atom is 0.407 e. The third kappa shape index (κ3) is 6.83. The highest BCUT2D eigenvalue weighted by Gasteiger charge is 2.36. The molecule has 1 aromatic heterocycles. The van der Waals surface area contributed by atoms with E-state index in [0.29, 0.717) is 18.8 Å². The smallest absolute Gasteiger partial charge is 0.377 e. The van der Waals surface area contributed by atoms with Gasteiger partial charge in [-0.1, -0.05) is 74.2 Å². The summed E-state index contributed by atoms with van der Waals surface area (Å²) >= 11 is 0. The number of ether oxygens (including phenoxy) is 1. The van der Waals surface area contributed by atoms with Crippen LogP contribution >= 0.6 is 0 Å². The Balaban J connectivity index is 1.97. The molecule has 3 aromatic rings. The highest BCUT2D eigenvalue weighted by molar-refractivity contribution is 5.66. The quantitative estimate of drug-likeness (QED) is 0.221. The second-order valence-electron chi connectivity index (χ2n) is 8.60. The minimum atomic E-state index is -4.81. The van der Waals surface area contributed by atoms with Crippen molar-refractivity contribution in [2.75, 3.05) is 6.61 Å². The summed E-state index contributed by atoms with van der Waals surface area (Å²) in [5.74, 6) is 0. The first kappa shape index (κ1) is 26.2. The van der Waals surface area contributed by atoms with Gasteiger partial charge in [0.25, 0.3) is 11.2 Å². The summed E-state index contributed by atoms with van der Waals surface area (Å²) in [4.78, 5) is 16.1. The highest BCUT2D eigenvalue weighted by Crippen LogP contribution is 2.37. The molecule has 1 heterocycles. The molecule has 184 valence electrons. The zero-order valence-corrected chi connectivity index (χ0v) is 20.0. The molecule has 35 heavy (non-hydrogen) atoms. The molecule has 7 heteroatoms. The van der Waals surface area contributed by atoms with Crippen molar-refractivity contribution in [2.24, 2.45) is 0 Å². The van der Waals surface area contributed by atoms with E-state index in [4.69, 9.17) is 11.3 Å². The van der Waals surface area contributed by atoms with Crippen LogP contribution in [0.4, 0.5) is 18.9 Å². The normalized spacial score (nSPS) is 11.4. The number of alkyl halides is 3. The molecule has 0 unspecified atom stereocenters. The third-order valence-corrected chi connectivity index (χ3v) is 5.75. The maximum absolute atomic E-state index is 13.7. The maximum atomic E-state index is 13.7. The molecule has 0 amide bonds. The first-order valence-electron chi connectivity index (χ1n) is 11.7. The van der Waals surface area contributed by atoms with E-state index >= 15 is 0 Å². The van der Waals surface area contributed by atoms with Gasteiger partial charge >= 0.3 is 6.18 Å². The van der Waals surface area contributed by atoms with Crippen molar-refractivity contribution >= 4 is 5.69 Å². The molecule has 0 atom stereocenters. The van der Waals surface area contributed by atoms with Gasteiger partial charge in [0.05, 0.1) is 18.7 Å². The van der Waals surface area contributed by atoms with Crippen molar-refractivity contribution < 1.29 is 17.9 Å². The number of aromatic nitrogens is 1. The van der Waals surface area contributed by atoms with Gasteiger partial charge in [-0.3, -0.25) is 4.79 Å². The molecular weight excluding hydrogens is 453 g/mol. The van der Waals surface area contributed by atoms with Gasteiger partial charge in [0.2, 0.25) is 0 Å². The molecule has 0 aliphatic heterocycles. The van der Waals surface area contributed by atoms with Crippen LogP contribution in [-0.2, 0) is 24.1 Å². The summed E-state index contributed by atoms with van der Waals surface area (Å²) < 4.78 is 48.1. The van der Waals surface area contributed by atoms with Gasteiger partial charge in [-0.25, -0.2) is 4.85 Å². The molecule has 4 nitrogen and oxygen atoms in total. The fourth-order valence-electron chi connectivity index (χ4n) is 3.98. The lowest BCUT2D eigenvalue weighted by Crippen LogP contribution is -2.25. The van der Waals surface area contributed by atoms with E-state index in [2.05, 4.69) is 11.8 Å². The first-order chi connectivity index (χ1) is 16.7. The molecule has 0 spiro atoms. The third-order valence-electron chi connectivity index (χ3n) is 5.75. The molecule has 0 fully saturated rings.